The zero-order valence-corrected chi connectivity index (χ0v) is 11.4. The molecule has 0 atom stereocenters. The van der Waals surface area contributed by atoms with Gasteiger partial charge in [-0.05, 0) is 29.4 Å². The molecule has 1 aromatic carbocycles. The summed E-state index contributed by atoms with van der Waals surface area (Å²) in [7, 11) is 0. The van der Waals surface area contributed by atoms with Gasteiger partial charge >= 0.3 is 0 Å². The van der Waals surface area contributed by atoms with E-state index in [0.717, 1.165) is 12.2 Å². The summed E-state index contributed by atoms with van der Waals surface area (Å²) in [4.78, 5) is 0. The van der Waals surface area contributed by atoms with Crippen LogP contribution in [0.2, 0.25) is 0 Å². The second-order valence-electron chi connectivity index (χ2n) is 5.55. The molecule has 1 rings (SSSR count). The first-order chi connectivity index (χ1) is 7.97. The third kappa shape index (κ3) is 4.04. The van der Waals surface area contributed by atoms with Gasteiger partial charge in [-0.25, -0.2) is 0 Å². The maximum Gasteiger partial charge on any atom is 0.123 e. The van der Waals surface area contributed by atoms with Crippen molar-refractivity contribution in [3.63, 3.8) is 0 Å². The third-order valence-corrected chi connectivity index (χ3v) is 2.88. The van der Waals surface area contributed by atoms with Gasteiger partial charge in [0.15, 0.2) is 0 Å². The van der Waals surface area contributed by atoms with Crippen molar-refractivity contribution >= 4 is 0 Å². The summed E-state index contributed by atoms with van der Waals surface area (Å²) >= 11 is 0. The van der Waals surface area contributed by atoms with Gasteiger partial charge < -0.3 is 9.84 Å². The van der Waals surface area contributed by atoms with Crippen molar-refractivity contribution in [3.05, 3.63) is 29.8 Å². The van der Waals surface area contributed by atoms with Crippen LogP contribution >= 0.6 is 0 Å². The fourth-order valence-corrected chi connectivity index (χ4v) is 2.44. The topological polar surface area (TPSA) is 29.5 Å². The van der Waals surface area contributed by atoms with E-state index in [1.165, 1.54) is 5.56 Å². The first-order valence-electron chi connectivity index (χ1n) is 6.30. The predicted octanol–water partition coefficient (Wildman–Crippen LogP) is 3.38. The lowest BCUT2D eigenvalue weighted by atomic mass is 9.77. The molecule has 0 saturated heterocycles. The summed E-state index contributed by atoms with van der Waals surface area (Å²) in [5.41, 5.74) is 1.32. The first kappa shape index (κ1) is 14.0. The number of benzene rings is 1. The average Bonchev–Trinajstić information content (AvgIpc) is 2.25. The number of ether oxygens (including phenoxy) is 1. The Morgan fingerprint density at radius 3 is 2.47 bits per heavy atom. The van der Waals surface area contributed by atoms with Crippen LogP contribution in [0.15, 0.2) is 24.3 Å². The van der Waals surface area contributed by atoms with Crippen molar-refractivity contribution in [3.8, 4) is 5.75 Å². The first-order valence-corrected chi connectivity index (χ1v) is 6.30. The third-order valence-electron chi connectivity index (χ3n) is 2.88. The quantitative estimate of drug-likeness (QED) is 0.820. The molecule has 1 N–H and O–H groups in total. The van der Waals surface area contributed by atoms with Gasteiger partial charge in [0, 0.05) is 0 Å². The number of hydrogen-bond donors (Lipinski definition) is 1. The Labute approximate surface area is 105 Å². The van der Waals surface area contributed by atoms with Crippen LogP contribution in [0.25, 0.3) is 0 Å². The van der Waals surface area contributed by atoms with Crippen molar-refractivity contribution in [2.75, 3.05) is 13.2 Å². The van der Waals surface area contributed by atoms with Gasteiger partial charge in [-0.1, -0.05) is 45.9 Å². The lowest BCUT2D eigenvalue weighted by molar-refractivity contribution is 0.198. The predicted molar refractivity (Wildman–Crippen MR) is 71.5 cm³/mol. The molecule has 96 valence electrons. The highest BCUT2D eigenvalue weighted by atomic mass is 16.5. The summed E-state index contributed by atoms with van der Waals surface area (Å²) in [5, 5.41) is 8.84. The van der Waals surface area contributed by atoms with Gasteiger partial charge in [0.05, 0.1) is 6.61 Å². The minimum atomic E-state index is 0.0545. The molecule has 0 aliphatic carbocycles. The Hall–Kier alpha value is -1.02. The zero-order valence-electron chi connectivity index (χ0n) is 11.4. The lowest BCUT2D eigenvalue weighted by Gasteiger charge is -2.29. The van der Waals surface area contributed by atoms with Crippen LogP contribution in [0.4, 0.5) is 0 Å². The molecule has 0 amide bonds. The van der Waals surface area contributed by atoms with Crippen LogP contribution in [-0.4, -0.2) is 18.3 Å². The summed E-state index contributed by atoms with van der Waals surface area (Å²) in [6, 6.07) is 8.12. The van der Waals surface area contributed by atoms with E-state index in [1.807, 2.05) is 18.2 Å². The minimum absolute atomic E-state index is 0.0545. The standard InChI is InChI=1S/C15H24O2/c1-12(2)11-15(3,4)13-7-5-6-8-14(13)17-10-9-16/h5-8,12,16H,9-11H2,1-4H3. The Morgan fingerprint density at radius 1 is 1.24 bits per heavy atom. The number of aliphatic hydroxyl groups is 1. The van der Waals surface area contributed by atoms with Gasteiger partial charge in [-0.15, -0.1) is 0 Å². The molecule has 0 bridgehead atoms. The van der Waals surface area contributed by atoms with Crippen molar-refractivity contribution in [2.45, 2.75) is 39.5 Å². The number of aliphatic hydroxyl groups excluding tert-OH is 1. The Kier molecular flexibility index (Phi) is 5.01. The molecule has 0 aliphatic heterocycles. The maximum atomic E-state index is 8.84. The smallest absolute Gasteiger partial charge is 0.123 e. The molecular weight excluding hydrogens is 212 g/mol. The Balaban J connectivity index is 2.94. The highest BCUT2D eigenvalue weighted by molar-refractivity contribution is 5.38. The van der Waals surface area contributed by atoms with Crippen LogP contribution in [0.5, 0.6) is 5.75 Å². The van der Waals surface area contributed by atoms with Crippen molar-refractivity contribution in [2.24, 2.45) is 5.92 Å². The van der Waals surface area contributed by atoms with Gasteiger partial charge in [-0.2, -0.15) is 0 Å². The van der Waals surface area contributed by atoms with Crippen LogP contribution in [0, 0.1) is 5.92 Å². The Bertz CT molecular complexity index is 343. The fraction of sp³-hybridized carbons (Fsp3) is 0.600. The summed E-state index contributed by atoms with van der Waals surface area (Å²) in [6.07, 6.45) is 1.12. The molecule has 17 heavy (non-hydrogen) atoms. The monoisotopic (exact) mass is 236 g/mol. The second-order valence-corrected chi connectivity index (χ2v) is 5.55. The molecule has 0 aliphatic rings. The van der Waals surface area contributed by atoms with E-state index in [1.54, 1.807) is 0 Å². The highest BCUT2D eigenvalue weighted by Gasteiger charge is 2.25. The molecular formula is C15H24O2. The molecule has 0 radical (unpaired) electrons. The molecule has 0 saturated carbocycles. The molecule has 0 spiro atoms. The number of rotatable bonds is 6. The molecule has 2 nitrogen and oxygen atoms in total. The lowest BCUT2D eigenvalue weighted by Crippen LogP contribution is -2.21. The van der Waals surface area contributed by atoms with Crippen LogP contribution in [0.3, 0.4) is 0 Å². The van der Waals surface area contributed by atoms with E-state index in [9.17, 15) is 0 Å². The molecule has 0 unspecified atom stereocenters. The number of para-hydroxylation sites is 1. The number of hydrogen-bond acceptors (Lipinski definition) is 2. The summed E-state index contributed by atoms with van der Waals surface area (Å²) in [5.74, 6) is 1.54. The van der Waals surface area contributed by atoms with E-state index in [4.69, 9.17) is 9.84 Å². The summed E-state index contributed by atoms with van der Waals surface area (Å²) < 4.78 is 5.60. The second kappa shape index (κ2) is 6.06. The van der Waals surface area contributed by atoms with Crippen molar-refractivity contribution in [1.82, 2.24) is 0 Å². The van der Waals surface area contributed by atoms with Gasteiger partial charge in [-0.3, -0.25) is 0 Å². The van der Waals surface area contributed by atoms with Crippen LogP contribution in [0.1, 0.15) is 39.7 Å². The van der Waals surface area contributed by atoms with Crippen LogP contribution < -0.4 is 4.74 Å². The normalized spacial score (nSPS) is 11.9. The van der Waals surface area contributed by atoms with E-state index in [2.05, 4.69) is 33.8 Å². The summed E-state index contributed by atoms with van der Waals surface area (Å²) in [6.45, 7) is 9.37. The minimum Gasteiger partial charge on any atom is -0.491 e. The van der Waals surface area contributed by atoms with E-state index in [0.29, 0.717) is 12.5 Å². The molecule has 1 aromatic rings. The van der Waals surface area contributed by atoms with Crippen molar-refractivity contribution < 1.29 is 9.84 Å². The highest BCUT2D eigenvalue weighted by Crippen LogP contribution is 2.36. The van der Waals surface area contributed by atoms with Gasteiger partial charge in [0.25, 0.3) is 0 Å². The largest absolute Gasteiger partial charge is 0.491 e. The molecule has 0 heterocycles. The fourth-order valence-electron chi connectivity index (χ4n) is 2.44. The molecule has 0 aromatic heterocycles. The van der Waals surface area contributed by atoms with E-state index >= 15 is 0 Å². The molecule has 0 fully saturated rings. The van der Waals surface area contributed by atoms with E-state index < -0.39 is 0 Å². The Morgan fingerprint density at radius 2 is 1.88 bits per heavy atom. The maximum absolute atomic E-state index is 8.84. The van der Waals surface area contributed by atoms with E-state index in [-0.39, 0.29) is 12.0 Å². The average molecular weight is 236 g/mol. The SMILES string of the molecule is CC(C)CC(C)(C)c1ccccc1OCCO. The van der Waals surface area contributed by atoms with Crippen LogP contribution in [-0.2, 0) is 5.41 Å². The van der Waals surface area contributed by atoms with Gasteiger partial charge in [0.1, 0.15) is 12.4 Å². The molecule has 2 heteroatoms. The van der Waals surface area contributed by atoms with Crippen molar-refractivity contribution in [1.29, 1.82) is 0 Å². The zero-order chi connectivity index (χ0) is 12.9. The van der Waals surface area contributed by atoms with Gasteiger partial charge in [0.2, 0.25) is 0 Å².